The molecule has 4 heteroatoms. The molecule has 2 saturated heterocycles. The van der Waals surface area contributed by atoms with E-state index in [2.05, 4.69) is 35.2 Å². The maximum Gasteiger partial charge on any atom is 0.410 e. The van der Waals surface area contributed by atoms with Gasteiger partial charge in [0.15, 0.2) is 0 Å². The summed E-state index contributed by atoms with van der Waals surface area (Å²) in [6.07, 6.45) is 5.49. The first-order valence-corrected chi connectivity index (χ1v) is 9.59. The van der Waals surface area contributed by atoms with Gasteiger partial charge >= 0.3 is 6.09 Å². The predicted octanol–water partition coefficient (Wildman–Crippen LogP) is 4.09. The van der Waals surface area contributed by atoms with Gasteiger partial charge < -0.3 is 9.64 Å². The maximum atomic E-state index is 12.4. The normalized spacial score (nSPS) is 26.5. The Balaban J connectivity index is 1.60. The fraction of sp³-hybridized carbons (Fsp3) is 0.667. The molecule has 2 aliphatic heterocycles. The summed E-state index contributed by atoms with van der Waals surface area (Å²) in [5, 5.41) is 0. The van der Waals surface area contributed by atoms with Crippen LogP contribution in [0.15, 0.2) is 30.3 Å². The quantitative estimate of drug-likeness (QED) is 0.825. The van der Waals surface area contributed by atoms with E-state index in [1.807, 2.05) is 32.7 Å². The van der Waals surface area contributed by atoms with E-state index in [9.17, 15) is 4.79 Å². The number of rotatable bonds is 4. The third-order valence-corrected chi connectivity index (χ3v) is 5.59. The lowest BCUT2D eigenvalue weighted by molar-refractivity contribution is -0.0417. The van der Waals surface area contributed by atoms with Gasteiger partial charge in [-0.15, -0.1) is 0 Å². The van der Waals surface area contributed by atoms with Gasteiger partial charge in [0.2, 0.25) is 0 Å². The molecule has 0 aliphatic carbocycles. The Morgan fingerprint density at radius 1 is 1.24 bits per heavy atom. The lowest BCUT2D eigenvalue weighted by Gasteiger charge is -2.53. The Kier molecular flexibility index (Phi) is 5.38. The number of nitrogens with zero attached hydrogens (tertiary/aromatic N) is 2. The molecule has 4 nitrogen and oxygen atoms in total. The highest BCUT2D eigenvalue weighted by Gasteiger charge is 2.42. The Morgan fingerprint density at radius 3 is 2.56 bits per heavy atom. The Labute approximate surface area is 152 Å². The van der Waals surface area contributed by atoms with Crippen LogP contribution in [0.4, 0.5) is 4.79 Å². The van der Waals surface area contributed by atoms with Crippen molar-refractivity contribution in [2.45, 2.75) is 76.6 Å². The maximum absolute atomic E-state index is 12.4. The van der Waals surface area contributed by atoms with E-state index in [1.54, 1.807) is 0 Å². The van der Waals surface area contributed by atoms with Crippen LogP contribution in [0.5, 0.6) is 0 Å². The number of carbonyl (C=O) groups is 1. The molecule has 2 heterocycles. The van der Waals surface area contributed by atoms with Crippen LogP contribution in [0.1, 0.15) is 52.0 Å². The molecule has 2 fully saturated rings. The monoisotopic (exact) mass is 344 g/mol. The van der Waals surface area contributed by atoms with Crippen LogP contribution in [0, 0.1) is 0 Å². The van der Waals surface area contributed by atoms with Gasteiger partial charge in [0.05, 0.1) is 0 Å². The fourth-order valence-electron chi connectivity index (χ4n) is 4.12. The molecule has 0 spiro atoms. The van der Waals surface area contributed by atoms with Crippen molar-refractivity contribution in [2.75, 3.05) is 13.6 Å². The second-order valence-electron chi connectivity index (χ2n) is 8.57. The van der Waals surface area contributed by atoms with Crippen molar-refractivity contribution in [1.82, 2.24) is 9.80 Å². The van der Waals surface area contributed by atoms with Crippen molar-refractivity contribution in [3.8, 4) is 0 Å². The SMILES string of the molecule is CN(C(=O)OC(C)(C)C)[C@@H]1C[C@@H](CCc2ccccc2)N2CC[C@H]2C1. The minimum Gasteiger partial charge on any atom is -0.444 e. The number of hydrogen-bond acceptors (Lipinski definition) is 3. The molecule has 138 valence electrons. The first-order valence-electron chi connectivity index (χ1n) is 9.59. The summed E-state index contributed by atoms with van der Waals surface area (Å²) in [5.41, 5.74) is 0.970. The zero-order valence-electron chi connectivity index (χ0n) is 16.1. The van der Waals surface area contributed by atoms with E-state index in [-0.39, 0.29) is 12.1 Å². The van der Waals surface area contributed by atoms with Crippen molar-refractivity contribution in [3.63, 3.8) is 0 Å². The predicted molar refractivity (Wildman–Crippen MR) is 101 cm³/mol. The van der Waals surface area contributed by atoms with Crippen LogP contribution in [-0.4, -0.2) is 53.2 Å². The van der Waals surface area contributed by atoms with E-state index < -0.39 is 5.60 Å². The number of benzene rings is 1. The van der Waals surface area contributed by atoms with Crippen LogP contribution in [0.25, 0.3) is 0 Å². The van der Waals surface area contributed by atoms with E-state index in [0.29, 0.717) is 12.1 Å². The number of amides is 1. The summed E-state index contributed by atoms with van der Waals surface area (Å²) < 4.78 is 5.57. The fourth-order valence-corrected chi connectivity index (χ4v) is 4.12. The molecule has 0 unspecified atom stereocenters. The first-order chi connectivity index (χ1) is 11.8. The van der Waals surface area contributed by atoms with Crippen molar-refractivity contribution in [3.05, 3.63) is 35.9 Å². The first kappa shape index (κ1) is 18.2. The lowest BCUT2D eigenvalue weighted by atomic mass is 9.81. The van der Waals surface area contributed by atoms with Gasteiger partial charge in [0.1, 0.15) is 5.60 Å². The highest BCUT2D eigenvalue weighted by atomic mass is 16.6. The molecule has 1 aromatic rings. The summed E-state index contributed by atoms with van der Waals surface area (Å²) in [6, 6.07) is 12.2. The van der Waals surface area contributed by atoms with E-state index in [4.69, 9.17) is 4.74 Å². The number of aryl methyl sites for hydroxylation is 1. The third kappa shape index (κ3) is 4.55. The summed E-state index contributed by atoms with van der Waals surface area (Å²) >= 11 is 0. The minimum atomic E-state index is -0.435. The highest BCUT2D eigenvalue weighted by Crippen LogP contribution is 2.36. The van der Waals surface area contributed by atoms with E-state index in [0.717, 1.165) is 19.3 Å². The summed E-state index contributed by atoms with van der Waals surface area (Å²) in [6.45, 7) is 6.99. The molecule has 3 atom stereocenters. The molecule has 3 rings (SSSR count). The van der Waals surface area contributed by atoms with Gasteiger partial charge in [0.25, 0.3) is 0 Å². The highest BCUT2D eigenvalue weighted by molar-refractivity contribution is 5.68. The van der Waals surface area contributed by atoms with Gasteiger partial charge in [-0.2, -0.15) is 0 Å². The van der Waals surface area contributed by atoms with Crippen molar-refractivity contribution in [2.24, 2.45) is 0 Å². The Hall–Kier alpha value is -1.55. The van der Waals surface area contributed by atoms with Crippen molar-refractivity contribution >= 4 is 6.09 Å². The van der Waals surface area contributed by atoms with Gasteiger partial charge in [-0.25, -0.2) is 4.79 Å². The van der Waals surface area contributed by atoms with Crippen LogP contribution >= 0.6 is 0 Å². The minimum absolute atomic E-state index is 0.188. The largest absolute Gasteiger partial charge is 0.444 e. The number of ether oxygens (including phenoxy) is 1. The molecule has 0 aromatic heterocycles. The van der Waals surface area contributed by atoms with Crippen molar-refractivity contribution < 1.29 is 9.53 Å². The molecule has 1 amide bonds. The molecule has 0 N–H and O–H groups in total. The van der Waals surface area contributed by atoms with Gasteiger partial charge in [0, 0.05) is 31.7 Å². The lowest BCUT2D eigenvalue weighted by Crippen LogP contribution is -2.61. The number of hydrogen-bond donors (Lipinski definition) is 0. The zero-order valence-corrected chi connectivity index (χ0v) is 16.1. The van der Waals surface area contributed by atoms with Crippen LogP contribution in [-0.2, 0) is 11.2 Å². The standard InChI is InChI=1S/C21H32N2O2/c1-21(2,3)25-20(24)22(4)19-14-17(23-13-12-18(23)15-19)11-10-16-8-6-5-7-9-16/h5-9,17-19H,10-15H2,1-4H3/t17-,18+,19-/m1/s1. The van der Waals surface area contributed by atoms with Gasteiger partial charge in [-0.05, 0) is 58.4 Å². The molecular weight excluding hydrogens is 312 g/mol. The number of carbonyl (C=O) groups excluding carboxylic acids is 1. The third-order valence-electron chi connectivity index (χ3n) is 5.59. The average Bonchev–Trinajstić information content (AvgIpc) is 2.53. The molecule has 0 bridgehead atoms. The smallest absolute Gasteiger partial charge is 0.410 e. The molecule has 0 radical (unpaired) electrons. The van der Waals surface area contributed by atoms with E-state index in [1.165, 1.54) is 24.9 Å². The van der Waals surface area contributed by atoms with Crippen molar-refractivity contribution in [1.29, 1.82) is 0 Å². The number of fused-ring (bicyclic) bond motifs is 1. The van der Waals surface area contributed by atoms with Crippen LogP contribution in [0.2, 0.25) is 0 Å². The summed E-state index contributed by atoms with van der Waals surface area (Å²) in [5.74, 6) is 0. The zero-order chi connectivity index (χ0) is 18.0. The molecule has 25 heavy (non-hydrogen) atoms. The van der Waals surface area contributed by atoms with Gasteiger partial charge in [-0.3, -0.25) is 4.90 Å². The topological polar surface area (TPSA) is 32.8 Å². The molecule has 1 aromatic carbocycles. The van der Waals surface area contributed by atoms with Crippen LogP contribution in [0.3, 0.4) is 0 Å². The Bertz CT molecular complexity index is 581. The van der Waals surface area contributed by atoms with Gasteiger partial charge in [-0.1, -0.05) is 30.3 Å². The summed E-state index contributed by atoms with van der Waals surface area (Å²) in [4.78, 5) is 16.9. The molecule has 0 saturated carbocycles. The summed E-state index contributed by atoms with van der Waals surface area (Å²) in [7, 11) is 1.90. The second kappa shape index (κ2) is 7.36. The van der Waals surface area contributed by atoms with Crippen LogP contribution < -0.4 is 0 Å². The molecular formula is C21H32N2O2. The second-order valence-corrected chi connectivity index (χ2v) is 8.57. The molecule has 2 aliphatic rings. The number of piperidine rings is 1. The average molecular weight is 344 g/mol. The Morgan fingerprint density at radius 2 is 1.96 bits per heavy atom. The van der Waals surface area contributed by atoms with E-state index >= 15 is 0 Å².